The number of pyridine rings is 1. The predicted octanol–water partition coefficient (Wildman–Crippen LogP) is 3.18. The third kappa shape index (κ3) is 3.33. The lowest BCUT2D eigenvalue weighted by Gasteiger charge is -2.41. The Morgan fingerprint density at radius 1 is 1.00 bits per heavy atom. The molecular weight excluding hydrogens is 388 g/mol. The second-order valence-electron chi connectivity index (χ2n) is 9.11. The normalized spacial score (nSPS) is 21.4. The van der Waals surface area contributed by atoms with Crippen molar-refractivity contribution in [3.63, 3.8) is 0 Å². The zero-order chi connectivity index (χ0) is 21.6. The van der Waals surface area contributed by atoms with Crippen molar-refractivity contribution in [2.75, 3.05) is 19.6 Å². The number of amides is 3. The molecule has 3 heterocycles. The molecule has 162 valence electrons. The van der Waals surface area contributed by atoms with Crippen LogP contribution in [-0.2, 0) is 24.2 Å². The van der Waals surface area contributed by atoms with E-state index >= 15 is 0 Å². The lowest BCUT2D eigenvalue weighted by atomic mass is 9.85. The molecule has 5 rings (SSSR count). The first-order chi connectivity index (χ1) is 15.0. The first kappa shape index (κ1) is 20.2. The van der Waals surface area contributed by atoms with Crippen LogP contribution in [0, 0.1) is 6.92 Å². The molecule has 6 nitrogen and oxygen atoms in total. The number of carbonyl (C=O) groups excluding carboxylic acids is 2. The van der Waals surface area contributed by atoms with E-state index in [4.69, 9.17) is 0 Å². The summed E-state index contributed by atoms with van der Waals surface area (Å²) in [5, 5.41) is 0. The standard InChI is InChI=1S/C25H30N4O2/c1-3-28-24(31)29(22-15-19-8-4-5-9-20(19)16-22)23(30)25(28)11-13-27(14-12-25)17-21-10-6-7-18(2)26-21/h4-10,22H,3,11-17H2,1-2H3. The number of rotatable bonds is 4. The molecule has 3 amide bonds. The lowest BCUT2D eigenvalue weighted by molar-refractivity contribution is -0.137. The molecule has 0 radical (unpaired) electrons. The smallest absolute Gasteiger partial charge is 0.310 e. The fourth-order valence-electron chi connectivity index (χ4n) is 5.70. The van der Waals surface area contributed by atoms with Gasteiger partial charge in [0.05, 0.1) is 5.69 Å². The highest BCUT2D eigenvalue weighted by Gasteiger charge is 2.59. The molecule has 0 atom stereocenters. The Morgan fingerprint density at radius 2 is 1.68 bits per heavy atom. The Hall–Kier alpha value is -2.73. The van der Waals surface area contributed by atoms with Crippen molar-refractivity contribution in [2.45, 2.75) is 57.7 Å². The molecule has 6 heteroatoms. The number of aryl methyl sites for hydroxylation is 1. The third-order valence-electron chi connectivity index (χ3n) is 7.30. The van der Waals surface area contributed by atoms with Crippen LogP contribution in [0.5, 0.6) is 0 Å². The van der Waals surface area contributed by atoms with E-state index in [1.165, 1.54) is 11.1 Å². The Bertz CT molecular complexity index is 987. The molecule has 0 unspecified atom stereocenters. The van der Waals surface area contributed by atoms with Gasteiger partial charge in [-0.2, -0.15) is 0 Å². The second-order valence-corrected chi connectivity index (χ2v) is 9.11. The minimum Gasteiger partial charge on any atom is -0.310 e. The third-order valence-corrected chi connectivity index (χ3v) is 7.30. The van der Waals surface area contributed by atoms with Gasteiger partial charge in [-0.1, -0.05) is 30.3 Å². The molecule has 0 saturated carbocycles. The molecule has 0 bridgehead atoms. The van der Waals surface area contributed by atoms with Crippen LogP contribution in [-0.4, -0.2) is 62.8 Å². The largest absolute Gasteiger partial charge is 0.327 e. The van der Waals surface area contributed by atoms with Crippen LogP contribution in [0.4, 0.5) is 4.79 Å². The van der Waals surface area contributed by atoms with Crippen molar-refractivity contribution < 1.29 is 9.59 Å². The van der Waals surface area contributed by atoms with Crippen molar-refractivity contribution >= 4 is 11.9 Å². The first-order valence-electron chi connectivity index (χ1n) is 11.4. The van der Waals surface area contributed by atoms with Crippen LogP contribution >= 0.6 is 0 Å². The van der Waals surface area contributed by atoms with E-state index in [-0.39, 0.29) is 18.0 Å². The van der Waals surface area contributed by atoms with Crippen molar-refractivity contribution in [2.24, 2.45) is 0 Å². The Morgan fingerprint density at radius 3 is 2.29 bits per heavy atom. The van der Waals surface area contributed by atoms with Crippen LogP contribution in [0.2, 0.25) is 0 Å². The predicted molar refractivity (Wildman–Crippen MR) is 118 cm³/mol. The summed E-state index contributed by atoms with van der Waals surface area (Å²) in [7, 11) is 0. The summed E-state index contributed by atoms with van der Waals surface area (Å²) in [6.45, 7) is 6.94. The zero-order valence-corrected chi connectivity index (χ0v) is 18.4. The van der Waals surface area contributed by atoms with Crippen molar-refractivity contribution in [1.82, 2.24) is 19.7 Å². The number of piperidine rings is 1. The molecule has 2 aliphatic heterocycles. The summed E-state index contributed by atoms with van der Waals surface area (Å²) in [5.74, 6) is 0.0190. The van der Waals surface area contributed by atoms with E-state index in [0.29, 0.717) is 19.4 Å². The van der Waals surface area contributed by atoms with E-state index in [1.54, 1.807) is 4.90 Å². The highest BCUT2D eigenvalue weighted by Crippen LogP contribution is 2.40. The van der Waals surface area contributed by atoms with Crippen LogP contribution in [0.1, 0.15) is 42.3 Å². The molecule has 2 aromatic rings. The highest BCUT2D eigenvalue weighted by molar-refractivity contribution is 6.07. The molecule has 1 aliphatic carbocycles. The highest BCUT2D eigenvalue weighted by atomic mass is 16.2. The summed E-state index contributed by atoms with van der Waals surface area (Å²) < 4.78 is 0. The van der Waals surface area contributed by atoms with E-state index in [0.717, 1.165) is 43.9 Å². The van der Waals surface area contributed by atoms with Gasteiger partial charge in [0, 0.05) is 37.9 Å². The number of likely N-dealkylation sites (N-methyl/N-ethyl adjacent to an activating group) is 1. The average Bonchev–Trinajstić information content (AvgIpc) is 3.26. The summed E-state index contributed by atoms with van der Waals surface area (Å²) in [6.07, 6.45) is 2.92. The van der Waals surface area contributed by atoms with Gasteiger partial charge in [-0.25, -0.2) is 4.79 Å². The number of nitrogens with zero attached hydrogens (tertiary/aromatic N) is 4. The lowest BCUT2D eigenvalue weighted by Crippen LogP contribution is -2.56. The van der Waals surface area contributed by atoms with E-state index < -0.39 is 5.54 Å². The average molecular weight is 419 g/mol. The molecule has 1 aromatic carbocycles. The fourth-order valence-corrected chi connectivity index (χ4v) is 5.70. The number of urea groups is 1. The molecule has 31 heavy (non-hydrogen) atoms. The van der Waals surface area contributed by atoms with Crippen LogP contribution in [0.3, 0.4) is 0 Å². The van der Waals surface area contributed by atoms with Gasteiger partial charge in [0.25, 0.3) is 5.91 Å². The molecule has 2 saturated heterocycles. The number of carbonyl (C=O) groups is 2. The first-order valence-corrected chi connectivity index (χ1v) is 11.4. The second kappa shape index (κ2) is 7.75. The Balaban J connectivity index is 1.32. The van der Waals surface area contributed by atoms with Gasteiger partial charge in [0.15, 0.2) is 0 Å². The monoisotopic (exact) mass is 418 g/mol. The van der Waals surface area contributed by atoms with E-state index in [9.17, 15) is 9.59 Å². The minimum absolute atomic E-state index is 0.0190. The van der Waals surface area contributed by atoms with Gasteiger partial charge in [0.1, 0.15) is 5.54 Å². The molecule has 3 aliphatic rings. The molecule has 1 spiro atoms. The van der Waals surface area contributed by atoms with Crippen molar-refractivity contribution in [3.8, 4) is 0 Å². The van der Waals surface area contributed by atoms with E-state index in [2.05, 4.69) is 28.1 Å². The number of imide groups is 1. The maximum absolute atomic E-state index is 13.7. The zero-order valence-electron chi connectivity index (χ0n) is 18.4. The molecular formula is C25H30N4O2. The minimum atomic E-state index is -0.683. The summed E-state index contributed by atoms with van der Waals surface area (Å²) in [4.78, 5) is 37.5. The van der Waals surface area contributed by atoms with Gasteiger partial charge in [-0.05, 0) is 62.8 Å². The summed E-state index contributed by atoms with van der Waals surface area (Å²) >= 11 is 0. The van der Waals surface area contributed by atoms with Gasteiger partial charge >= 0.3 is 6.03 Å². The number of hydrogen-bond donors (Lipinski definition) is 0. The van der Waals surface area contributed by atoms with Crippen LogP contribution in [0.15, 0.2) is 42.5 Å². The van der Waals surface area contributed by atoms with E-state index in [1.807, 2.05) is 43.0 Å². The molecule has 0 N–H and O–H groups in total. The SMILES string of the molecule is CCN1C(=O)N(C2Cc3ccccc3C2)C(=O)C12CCN(Cc1cccc(C)n1)CC2. The summed E-state index contributed by atoms with van der Waals surface area (Å²) in [5.41, 5.74) is 3.92. The maximum atomic E-state index is 13.7. The summed E-state index contributed by atoms with van der Waals surface area (Å²) in [6, 6.07) is 14.3. The number of fused-ring (bicyclic) bond motifs is 1. The quantitative estimate of drug-likeness (QED) is 0.716. The van der Waals surface area contributed by atoms with Gasteiger partial charge in [-0.15, -0.1) is 0 Å². The number of benzene rings is 1. The van der Waals surface area contributed by atoms with Gasteiger partial charge in [0.2, 0.25) is 0 Å². The molecule has 2 fully saturated rings. The van der Waals surface area contributed by atoms with Crippen molar-refractivity contribution in [3.05, 3.63) is 65.0 Å². The number of hydrogen-bond acceptors (Lipinski definition) is 4. The topological polar surface area (TPSA) is 56.8 Å². The Kier molecular flexibility index (Phi) is 5.05. The van der Waals surface area contributed by atoms with Gasteiger partial charge < -0.3 is 4.90 Å². The Labute approximate surface area is 183 Å². The fraction of sp³-hybridized carbons (Fsp3) is 0.480. The van der Waals surface area contributed by atoms with Crippen LogP contribution in [0.25, 0.3) is 0 Å². The van der Waals surface area contributed by atoms with Gasteiger partial charge in [-0.3, -0.25) is 19.6 Å². The maximum Gasteiger partial charge on any atom is 0.327 e. The molecule has 1 aromatic heterocycles. The number of aromatic nitrogens is 1. The van der Waals surface area contributed by atoms with Crippen molar-refractivity contribution in [1.29, 1.82) is 0 Å². The number of likely N-dealkylation sites (tertiary alicyclic amines) is 1. The van der Waals surface area contributed by atoms with Crippen LogP contribution < -0.4 is 0 Å².